The van der Waals surface area contributed by atoms with E-state index in [9.17, 15) is 22.7 Å². The van der Waals surface area contributed by atoms with E-state index in [2.05, 4.69) is 10.1 Å². The van der Waals surface area contributed by atoms with Gasteiger partial charge in [0.05, 0.1) is 24.0 Å². The van der Waals surface area contributed by atoms with Crippen molar-refractivity contribution in [2.45, 2.75) is 38.0 Å². The Bertz CT molecular complexity index is 988. The van der Waals surface area contributed by atoms with Gasteiger partial charge in [-0.2, -0.15) is 15.6 Å². The lowest BCUT2D eigenvalue weighted by atomic mass is 9.84. The molecule has 2 amide bonds. The number of ether oxygens (including phenoxy) is 1. The topological polar surface area (TPSA) is 112 Å². The van der Waals surface area contributed by atoms with Crippen molar-refractivity contribution in [2.24, 2.45) is 0 Å². The molecule has 2 saturated heterocycles. The summed E-state index contributed by atoms with van der Waals surface area (Å²) in [6.45, 7) is 4.34. The lowest BCUT2D eigenvalue weighted by Crippen LogP contribution is -2.52. The lowest BCUT2D eigenvalue weighted by molar-refractivity contribution is 0.0174. The molecule has 0 saturated carbocycles. The predicted molar refractivity (Wildman–Crippen MR) is 123 cm³/mol. The van der Waals surface area contributed by atoms with Gasteiger partial charge in [0, 0.05) is 44.6 Å². The van der Waals surface area contributed by atoms with Crippen LogP contribution in [0.5, 0.6) is 6.01 Å². The van der Waals surface area contributed by atoms with Crippen LogP contribution in [-0.4, -0.2) is 79.4 Å². The van der Waals surface area contributed by atoms with Crippen molar-refractivity contribution in [3.05, 3.63) is 41.3 Å². The van der Waals surface area contributed by atoms with Crippen LogP contribution in [-0.2, 0) is 5.92 Å². The Balaban J connectivity index is 1.56. The summed E-state index contributed by atoms with van der Waals surface area (Å²) in [5, 5.41) is 3.83. The van der Waals surface area contributed by atoms with E-state index >= 15 is 0 Å². The van der Waals surface area contributed by atoms with Gasteiger partial charge in [0.25, 0.3) is 5.92 Å². The van der Waals surface area contributed by atoms with Crippen LogP contribution in [0.15, 0.2) is 28.8 Å². The summed E-state index contributed by atoms with van der Waals surface area (Å²) in [6, 6.07) is 6.12. The molecule has 0 spiro atoms. The van der Waals surface area contributed by atoms with Crippen molar-refractivity contribution in [2.75, 3.05) is 44.3 Å². The van der Waals surface area contributed by atoms with Crippen LogP contribution in [0.2, 0.25) is 0 Å². The number of piperidine rings is 1. The summed E-state index contributed by atoms with van der Waals surface area (Å²) < 4.78 is 57.8. The molecule has 0 bridgehead atoms. The summed E-state index contributed by atoms with van der Waals surface area (Å²) >= 11 is 0. The Hall–Kier alpha value is -2.44. The van der Waals surface area contributed by atoms with Crippen molar-refractivity contribution in [1.29, 1.82) is 0 Å². The maximum absolute atomic E-state index is 13.7. The number of hydrogen-bond acceptors (Lipinski definition) is 7. The molecule has 9 nitrogen and oxygen atoms in total. The number of carbonyl (C=O) groups is 1. The normalized spacial score (nSPS) is 24.1. The highest BCUT2D eigenvalue weighted by Gasteiger charge is 2.37. The van der Waals surface area contributed by atoms with E-state index in [-0.39, 0.29) is 54.0 Å². The molecule has 2 aromatic rings. The SMILES string of the molecule is CCOc1noc(C2CC(c3ccc(C(C)(F)F)cc3)CN(C(=O)N3CCS(O)(O)CC3)C2)n1. The molecule has 0 radical (unpaired) electrons. The first-order chi connectivity index (χ1) is 16.1. The van der Waals surface area contributed by atoms with Crippen molar-refractivity contribution in [3.63, 3.8) is 0 Å². The van der Waals surface area contributed by atoms with Crippen molar-refractivity contribution < 1.29 is 31.9 Å². The molecule has 2 fully saturated rings. The van der Waals surface area contributed by atoms with E-state index in [1.54, 1.807) is 21.9 Å². The summed E-state index contributed by atoms with van der Waals surface area (Å²) in [6.07, 6.45) is 0.597. The highest BCUT2D eigenvalue weighted by Crippen LogP contribution is 2.41. The molecule has 2 unspecified atom stereocenters. The van der Waals surface area contributed by atoms with Crippen molar-refractivity contribution in [3.8, 4) is 6.01 Å². The average Bonchev–Trinajstić information content (AvgIpc) is 3.27. The van der Waals surface area contributed by atoms with Crippen LogP contribution in [0.1, 0.15) is 49.1 Å². The summed E-state index contributed by atoms with van der Waals surface area (Å²) in [5.74, 6) is -2.65. The zero-order valence-electron chi connectivity index (χ0n) is 19.2. The average molecular weight is 501 g/mol. The second-order valence-electron chi connectivity index (χ2n) is 8.87. The number of alkyl halides is 2. The number of aromatic nitrogens is 2. The first-order valence-corrected chi connectivity index (χ1v) is 13.2. The zero-order valence-corrected chi connectivity index (χ0v) is 20.0. The van der Waals surface area contributed by atoms with E-state index in [4.69, 9.17) is 9.26 Å². The van der Waals surface area contributed by atoms with Crippen LogP contribution < -0.4 is 4.74 Å². The Morgan fingerprint density at radius 2 is 1.82 bits per heavy atom. The molecule has 3 heterocycles. The van der Waals surface area contributed by atoms with Gasteiger partial charge in [0.15, 0.2) is 0 Å². The lowest BCUT2D eigenvalue weighted by Gasteiger charge is -2.44. The van der Waals surface area contributed by atoms with Gasteiger partial charge in [-0.25, -0.2) is 13.6 Å². The molecule has 0 aliphatic carbocycles. The van der Waals surface area contributed by atoms with Crippen LogP contribution in [0, 0.1) is 0 Å². The third-order valence-corrected chi connectivity index (χ3v) is 7.98. The van der Waals surface area contributed by atoms with Crippen LogP contribution in [0.25, 0.3) is 0 Å². The van der Waals surface area contributed by atoms with Gasteiger partial charge in [0.2, 0.25) is 5.89 Å². The largest absolute Gasteiger partial charge is 0.462 e. The monoisotopic (exact) mass is 500 g/mol. The van der Waals surface area contributed by atoms with Gasteiger partial charge < -0.3 is 19.1 Å². The van der Waals surface area contributed by atoms with Crippen molar-refractivity contribution >= 4 is 16.6 Å². The molecule has 1 aromatic heterocycles. The molecule has 4 rings (SSSR count). The predicted octanol–water partition coefficient (Wildman–Crippen LogP) is 4.34. The molecule has 1 aromatic carbocycles. The Labute approximate surface area is 198 Å². The molecule has 188 valence electrons. The van der Waals surface area contributed by atoms with Gasteiger partial charge >= 0.3 is 12.0 Å². The van der Waals surface area contributed by atoms with Gasteiger partial charge in [-0.05, 0) is 24.1 Å². The number of nitrogens with zero attached hydrogens (tertiary/aromatic N) is 4. The van der Waals surface area contributed by atoms with Crippen LogP contribution in [0.4, 0.5) is 13.6 Å². The number of urea groups is 1. The minimum atomic E-state index is -2.93. The number of amides is 2. The fourth-order valence-corrected chi connectivity index (χ4v) is 5.65. The number of likely N-dealkylation sites (tertiary alicyclic amines) is 1. The molecular formula is C22H30F2N4O5S. The summed E-state index contributed by atoms with van der Waals surface area (Å²) in [7, 11) is -2.63. The van der Waals surface area contributed by atoms with Gasteiger partial charge in [-0.3, -0.25) is 9.11 Å². The Kier molecular flexibility index (Phi) is 7.02. The maximum Gasteiger partial charge on any atom is 0.354 e. The molecule has 34 heavy (non-hydrogen) atoms. The second kappa shape index (κ2) is 9.67. The second-order valence-corrected chi connectivity index (χ2v) is 11.3. The molecule has 2 N–H and O–H groups in total. The minimum Gasteiger partial charge on any atom is -0.462 e. The van der Waals surface area contributed by atoms with Gasteiger partial charge in [-0.1, -0.05) is 24.3 Å². The van der Waals surface area contributed by atoms with Gasteiger partial charge in [0.1, 0.15) is 0 Å². The van der Waals surface area contributed by atoms with E-state index < -0.39 is 16.5 Å². The first-order valence-electron chi connectivity index (χ1n) is 11.3. The summed E-state index contributed by atoms with van der Waals surface area (Å²) in [5.41, 5.74) is 0.773. The molecule has 2 atom stereocenters. The molecule has 2 aliphatic heterocycles. The molecule has 12 heteroatoms. The third-order valence-electron chi connectivity index (χ3n) is 6.30. The number of carbonyl (C=O) groups excluding carboxylic acids is 1. The quantitative estimate of drug-likeness (QED) is 0.628. The zero-order chi connectivity index (χ0) is 24.5. The van der Waals surface area contributed by atoms with E-state index in [1.165, 1.54) is 12.1 Å². The van der Waals surface area contributed by atoms with Crippen LogP contribution in [0.3, 0.4) is 0 Å². The van der Waals surface area contributed by atoms with E-state index in [0.29, 0.717) is 32.0 Å². The molecule has 2 aliphatic rings. The third kappa shape index (κ3) is 5.61. The summed E-state index contributed by atoms with van der Waals surface area (Å²) in [4.78, 5) is 20.9. The van der Waals surface area contributed by atoms with E-state index in [1.807, 2.05) is 6.92 Å². The number of halogens is 2. The first kappa shape index (κ1) is 24.7. The maximum atomic E-state index is 13.7. The molecular weight excluding hydrogens is 470 g/mol. The Morgan fingerprint density at radius 1 is 1.18 bits per heavy atom. The van der Waals surface area contributed by atoms with E-state index in [0.717, 1.165) is 12.5 Å². The highest BCUT2D eigenvalue weighted by molar-refractivity contribution is 8.24. The van der Waals surface area contributed by atoms with Gasteiger partial charge in [-0.15, -0.1) is 0 Å². The number of hydrogen-bond donors (Lipinski definition) is 2. The standard InChI is InChI=1S/C22H30F2N4O5S/c1-3-32-20-25-19(33-26-20)17-12-16(15-4-6-18(7-5-15)22(2,23)24)13-28(14-17)21(29)27-8-10-34(30,31)11-9-27/h4-7,16-17,30-31H,3,8-14H2,1-2H3. The van der Waals surface area contributed by atoms with Crippen molar-refractivity contribution in [1.82, 2.24) is 19.9 Å². The smallest absolute Gasteiger partial charge is 0.354 e. The Morgan fingerprint density at radius 3 is 2.44 bits per heavy atom. The highest BCUT2D eigenvalue weighted by atomic mass is 32.3. The minimum absolute atomic E-state index is 0.0675. The number of rotatable bonds is 5. The van der Waals surface area contributed by atoms with Crippen LogP contribution >= 0.6 is 10.6 Å². The fraction of sp³-hybridized carbons (Fsp3) is 0.591. The number of benzene rings is 1. The fourth-order valence-electron chi connectivity index (χ4n) is 4.42.